The molecule has 0 spiro atoms. The first-order valence-electron chi connectivity index (χ1n) is 14.2. The van der Waals surface area contributed by atoms with Gasteiger partial charge in [-0.3, -0.25) is 0 Å². The molecule has 1 aliphatic rings. The zero-order valence-corrected chi connectivity index (χ0v) is 24.4. The van der Waals surface area contributed by atoms with Crippen LogP contribution in [0.2, 0.25) is 0 Å². The first-order valence-corrected chi connectivity index (χ1v) is 14.2. The standard InChI is InChI=1S/C40H36N2/c1-6-10-16-33(8-3)41(34(9-4)17-11-7-2)35-26-22-31(23-27-35)32-24-28-36(29-25-32)42-39-20-14-12-18-37(39)30(5)38-19-13-15-21-40(38)42/h6-29H,1,4-5H2,2-3H3/b11-7-,16-10-,33-8+,34-17+. The highest BCUT2D eigenvalue weighted by atomic mass is 15.2. The Labute approximate surface area is 250 Å². The van der Waals surface area contributed by atoms with Crippen molar-refractivity contribution in [1.82, 2.24) is 0 Å². The van der Waals surface area contributed by atoms with Crippen LogP contribution in [0, 0.1) is 0 Å². The Morgan fingerprint density at radius 1 is 0.690 bits per heavy atom. The normalized spacial score (nSPS) is 13.3. The van der Waals surface area contributed by atoms with Crippen molar-refractivity contribution in [3.05, 3.63) is 188 Å². The number of hydrogen-bond acceptors (Lipinski definition) is 2. The summed E-state index contributed by atoms with van der Waals surface area (Å²) in [5, 5.41) is 0. The summed E-state index contributed by atoms with van der Waals surface area (Å²) in [6.45, 7) is 16.4. The molecule has 0 atom stereocenters. The van der Waals surface area contributed by atoms with Gasteiger partial charge in [0.05, 0.1) is 11.4 Å². The van der Waals surface area contributed by atoms with Crippen LogP contribution in [0.5, 0.6) is 0 Å². The molecular formula is C40H36N2. The third kappa shape index (κ3) is 5.48. The number of allylic oxidation sites excluding steroid dienone is 8. The molecule has 5 rings (SSSR count). The van der Waals surface area contributed by atoms with Crippen LogP contribution in [0.15, 0.2) is 177 Å². The Hall–Kier alpha value is -5.34. The maximum absolute atomic E-state index is 4.41. The number of para-hydroxylation sites is 2. The van der Waals surface area contributed by atoms with Crippen LogP contribution in [-0.2, 0) is 0 Å². The van der Waals surface area contributed by atoms with Crippen molar-refractivity contribution in [2.24, 2.45) is 0 Å². The second-order valence-electron chi connectivity index (χ2n) is 9.91. The lowest BCUT2D eigenvalue weighted by molar-refractivity contribution is 1.14. The van der Waals surface area contributed by atoms with E-state index in [1.165, 1.54) is 0 Å². The highest BCUT2D eigenvalue weighted by molar-refractivity contribution is 6.00. The maximum Gasteiger partial charge on any atom is 0.0540 e. The van der Waals surface area contributed by atoms with E-state index in [0.717, 1.165) is 62.0 Å². The monoisotopic (exact) mass is 544 g/mol. The van der Waals surface area contributed by atoms with Crippen LogP contribution >= 0.6 is 0 Å². The van der Waals surface area contributed by atoms with Crippen molar-refractivity contribution in [3.63, 3.8) is 0 Å². The first-order chi connectivity index (χ1) is 20.6. The molecule has 4 aromatic carbocycles. The van der Waals surface area contributed by atoms with Gasteiger partial charge in [0.1, 0.15) is 0 Å². The van der Waals surface area contributed by atoms with Gasteiger partial charge in [0.25, 0.3) is 0 Å². The van der Waals surface area contributed by atoms with Crippen molar-refractivity contribution in [2.75, 3.05) is 9.80 Å². The highest BCUT2D eigenvalue weighted by Gasteiger charge is 2.25. The maximum atomic E-state index is 4.41. The van der Waals surface area contributed by atoms with E-state index in [2.05, 4.69) is 145 Å². The average Bonchev–Trinajstić information content (AvgIpc) is 3.05. The Bertz CT molecular complexity index is 1680. The Morgan fingerprint density at radius 2 is 1.26 bits per heavy atom. The minimum absolute atomic E-state index is 0.983. The van der Waals surface area contributed by atoms with Crippen molar-refractivity contribution in [3.8, 4) is 11.1 Å². The predicted octanol–water partition coefficient (Wildman–Crippen LogP) is 11.3. The van der Waals surface area contributed by atoms with Gasteiger partial charge in [-0.25, -0.2) is 0 Å². The smallest absolute Gasteiger partial charge is 0.0540 e. The molecule has 0 N–H and O–H groups in total. The molecule has 2 nitrogen and oxygen atoms in total. The second-order valence-corrected chi connectivity index (χ2v) is 9.91. The molecule has 206 valence electrons. The molecule has 0 aliphatic carbocycles. The van der Waals surface area contributed by atoms with E-state index >= 15 is 0 Å². The summed E-state index contributed by atoms with van der Waals surface area (Å²) in [5.74, 6) is 0. The number of rotatable bonds is 9. The van der Waals surface area contributed by atoms with Crippen LogP contribution in [0.3, 0.4) is 0 Å². The lowest BCUT2D eigenvalue weighted by atomic mass is 9.91. The van der Waals surface area contributed by atoms with Crippen molar-refractivity contribution >= 4 is 28.3 Å². The van der Waals surface area contributed by atoms with Crippen LogP contribution < -0.4 is 9.80 Å². The van der Waals surface area contributed by atoms with E-state index in [4.69, 9.17) is 0 Å². The van der Waals surface area contributed by atoms with E-state index in [9.17, 15) is 0 Å². The zero-order chi connectivity index (χ0) is 29.5. The van der Waals surface area contributed by atoms with Crippen LogP contribution in [0.1, 0.15) is 25.0 Å². The van der Waals surface area contributed by atoms with E-state index in [0.29, 0.717) is 0 Å². The molecule has 0 saturated carbocycles. The Balaban J connectivity index is 1.49. The molecule has 0 bridgehead atoms. The van der Waals surface area contributed by atoms with Gasteiger partial charge in [-0.1, -0.05) is 111 Å². The average molecular weight is 545 g/mol. The van der Waals surface area contributed by atoms with Gasteiger partial charge in [0, 0.05) is 33.9 Å². The van der Waals surface area contributed by atoms with Gasteiger partial charge in [-0.05, 0) is 85.2 Å². The summed E-state index contributed by atoms with van der Waals surface area (Å²) in [6, 6.07) is 34.4. The topological polar surface area (TPSA) is 6.48 Å². The fourth-order valence-electron chi connectivity index (χ4n) is 5.35. The Morgan fingerprint density at radius 3 is 1.79 bits per heavy atom. The van der Waals surface area contributed by atoms with E-state index in [1.807, 2.05) is 38.2 Å². The minimum Gasteiger partial charge on any atom is -0.311 e. The summed E-state index contributed by atoms with van der Waals surface area (Å²) < 4.78 is 0. The summed E-state index contributed by atoms with van der Waals surface area (Å²) in [5.41, 5.74) is 12.2. The van der Waals surface area contributed by atoms with Gasteiger partial charge in [-0.2, -0.15) is 0 Å². The molecule has 0 unspecified atom stereocenters. The molecule has 0 fully saturated rings. The zero-order valence-electron chi connectivity index (χ0n) is 24.4. The summed E-state index contributed by atoms with van der Waals surface area (Å²) >= 11 is 0. The fraction of sp³-hybridized carbons (Fsp3) is 0.0500. The van der Waals surface area contributed by atoms with Crippen molar-refractivity contribution in [2.45, 2.75) is 13.8 Å². The predicted molar refractivity (Wildman–Crippen MR) is 183 cm³/mol. The highest BCUT2D eigenvalue weighted by Crippen LogP contribution is 2.48. The van der Waals surface area contributed by atoms with Gasteiger partial charge >= 0.3 is 0 Å². The SMILES string of the molecule is C=C/C=C\C(=C/C)N(/C(C=C)=C/C=C\C)c1ccc(-c2ccc(N3c4ccccc4C(=C)c4ccccc43)cc2)cc1. The molecule has 0 aromatic heterocycles. The molecule has 1 heterocycles. The molecule has 0 radical (unpaired) electrons. The van der Waals surface area contributed by atoms with E-state index in [1.54, 1.807) is 6.08 Å². The van der Waals surface area contributed by atoms with Crippen molar-refractivity contribution < 1.29 is 0 Å². The first kappa shape index (κ1) is 28.2. The van der Waals surface area contributed by atoms with E-state index in [-0.39, 0.29) is 0 Å². The van der Waals surface area contributed by atoms with Gasteiger partial charge in [-0.15, -0.1) is 0 Å². The molecule has 42 heavy (non-hydrogen) atoms. The van der Waals surface area contributed by atoms with Gasteiger partial charge in [0.15, 0.2) is 0 Å². The number of hydrogen-bond donors (Lipinski definition) is 0. The summed E-state index contributed by atoms with van der Waals surface area (Å²) in [4.78, 5) is 4.52. The summed E-state index contributed by atoms with van der Waals surface area (Å²) in [7, 11) is 0. The third-order valence-electron chi connectivity index (χ3n) is 7.41. The van der Waals surface area contributed by atoms with Gasteiger partial charge < -0.3 is 9.80 Å². The van der Waals surface area contributed by atoms with Gasteiger partial charge in [0.2, 0.25) is 0 Å². The third-order valence-corrected chi connectivity index (χ3v) is 7.41. The van der Waals surface area contributed by atoms with Crippen LogP contribution in [-0.4, -0.2) is 0 Å². The molecule has 1 aliphatic heterocycles. The van der Waals surface area contributed by atoms with Crippen LogP contribution in [0.4, 0.5) is 22.7 Å². The molecule has 0 saturated heterocycles. The Kier molecular flexibility index (Phi) is 8.65. The number of nitrogens with zero attached hydrogens (tertiary/aromatic N) is 2. The second kappa shape index (κ2) is 12.9. The fourth-order valence-corrected chi connectivity index (χ4v) is 5.35. The number of fused-ring (bicyclic) bond motifs is 2. The van der Waals surface area contributed by atoms with Crippen molar-refractivity contribution in [1.29, 1.82) is 0 Å². The molecule has 2 heteroatoms. The van der Waals surface area contributed by atoms with E-state index < -0.39 is 0 Å². The lowest BCUT2D eigenvalue weighted by Gasteiger charge is -2.34. The molecular weight excluding hydrogens is 508 g/mol. The minimum atomic E-state index is 0.983. The lowest BCUT2D eigenvalue weighted by Crippen LogP contribution is -2.19. The van der Waals surface area contributed by atoms with Crippen LogP contribution in [0.25, 0.3) is 16.7 Å². The molecule has 0 amide bonds. The largest absolute Gasteiger partial charge is 0.311 e. The molecule has 4 aromatic rings. The number of anilines is 4. The summed E-state index contributed by atoms with van der Waals surface area (Å²) in [6.07, 6.45) is 15.9. The quantitative estimate of drug-likeness (QED) is 0.170. The number of benzene rings is 4.